The van der Waals surface area contributed by atoms with Crippen LogP contribution in [0.3, 0.4) is 0 Å². The van der Waals surface area contributed by atoms with Crippen LogP contribution < -0.4 is 5.32 Å². The van der Waals surface area contributed by atoms with Gasteiger partial charge in [0.15, 0.2) is 0 Å². The fourth-order valence-electron chi connectivity index (χ4n) is 4.30. The standard InChI is InChI=1S/C16H31N/c1-3-13-8-7-11-15(12-13)16(17-4-2)14-9-5-6-10-14/h13-17H,3-12H2,1-2H3. The van der Waals surface area contributed by atoms with Crippen molar-refractivity contribution in [1.82, 2.24) is 5.32 Å². The normalized spacial score (nSPS) is 32.8. The summed E-state index contributed by atoms with van der Waals surface area (Å²) in [5.74, 6) is 3.00. The minimum absolute atomic E-state index is 0.844. The lowest BCUT2D eigenvalue weighted by atomic mass is 9.73. The summed E-state index contributed by atoms with van der Waals surface area (Å²) in [5.41, 5.74) is 0. The highest BCUT2D eigenvalue weighted by Gasteiger charge is 2.33. The number of nitrogens with one attached hydrogen (secondary N) is 1. The van der Waals surface area contributed by atoms with E-state index in [2.05, 4.69) is 19.2 Å². The quantitative estimate of drug-likeness (QED) is 0.748. The Morgan fingerprint density at radius 3 is 2.29 bits per heavy atom. The van der Waals surface area contributed by atoms with Crippen molar-refractivity contribution in [3.05, 3.63) is 0 Å². The van der Waals surface area contributed by atoms with Crippen LogP contribution in [0.4, 0.5) is 0 Å². The lowest BCUT2D eigenvalue weighted by molar-refractivity contribution is 0.170. The number of hydrogen-bond acceptors (Lipinski definition) is 1. The van der Waals surface area contributed by atoms with E-state index >= 15 is 0 Å². The molecule has 0 aliphatic heterocycles. The summed E-state index contributed by atoms with van der Waals surface area (Å²) < 4.78 is 0. The third-order valence-corrected chi connectivity index (χ3v) is 5.26. The fourth-order valence-corrected chi connectivity index (χ4v) is 4.30. The summed E-state index contributed by atoms with van der Waals surface area (Å²) in [7, 11) is 0. The molecule has 2 rings (SSSR count). The molecular formula is C16H31N. The summed E-state index contributed by atoms with van der Waals surface area (Å²) in [5, 5.41) is 3.84. The molecule has 0 amide bonds. The molecular weight excluding hydrogens is 206 g/mol. The molecule has 100 valence electrons. The van der Waals surface area contributed by atoms with Crippen LogP contribution in [0.25, 0.3) is 0 Å². The molecule has 2 fully saturated rings. The van der Waals surface area contributed by atoms with Crippen molar-refractivity contribution in [2.24, 2.45) is 17.8 Å². The molecule has 0 saturated heterocycles. The lowest BCUT2D eigenvalue weighted by Gasteiger charge is -2.38. The summed E-state index contributed by atoms with van der Waals surface area (Å²) in [6, 6.07) is 0.844. The van der Waals surface area contributed by atoms with Crippen LogP contribution in [-0.4, -0.2) is 12.6 Å². The Balaban J connectivity index is 1.93. The predicted octanol–water partition coefficient (Wildman–Crippen LogP) is 4.37. The Labute approximate surface area is 108 Å². The van der Waals surface area contributed by atoms with E-state index in [1.165, 1.54) is 57.8 Å². The molecule has 1 nitrogen and oxygen atoms in total. The first-order chi connectivity index (χ1) is 8.35. The van der Waals surface area contributed by atoms with Crippen molar-refractivity contribution in [3.63, 3.8) is 0 Å². The van der Waals surface area contributed by atoms with Crippen LogP contribution in [-0.2, 0) is 0 Å². The third kappa shape index (κ3) is 3.47. The zero-order valence-corrected chi connectivity index (χ0v) is 11.9. The molecule has 17 heavy (non-hydrogen) atoms. The van der Waals surface area contributed by atoms with Crippen molar-refractivity contribution < 1.29 is 0 Å². The van der Waals surface area contributed by atoms with Crippen LogP contribution in [0, 0.1) is 17.8 Å². The zero-order chi connectivity index (χ0) is 12.1. The Kier molecular flexibility index (Phi) is 5.34. The largest absolute Gasteiger partial charge is 0.314 e. The SMILES string of the molecule is CCNC(C1CCCC1)C1CCCC(CC)C1. The van der Waals surface area contributed by atoms with Crippen LogP contribution in [0.5, 0.6) is 0 Å². The highest BCUT2D eigenvalue weighted by molar-refractivity contribution is 4.88. The number of hydrogen-bond donors (Lipinski definition) is 1. The minimum Gasteiger partial charge on any atom is -0.314 e. The van der Waals surface area contributed by atoms with Crippen LogP contribution in [0.1, 0.15) is 71.6 Å². The average molecular weight is 237 g/mol. The third-order valence-electron chi connectivity index (χ3n) is 5.26. The van der Waals surface area contributed by atoms with Gasteiger partial charge in [0.2, 0.25) is 0 Å². The van der Waals surface area contributed by atoms with E-state index in [1.54, 1.807) is 0 Å². The molecule has 3 atom stereocenters. The van der Waals surface area contributed by atoms with Gasteiger partial charge in [-0.15, -0.1) is 0 Å². The van der Waals surface area contributed by atoms with Crippen molar-refractivity contribution in [2.75, 3.05) is 6.54 Å². The molecule has 2 aliphatic carbocycles. The maximum Gasteiger partial charge on any atom is 0.0124 e. The summed E-state index contributed by atoms with van der Waals surface area (Å²) in [4.78, 5) is 0. The predicted molar refractivity (Wildman–Crippen MR) is 75.2 cm³/mol. The molecule has 0 aromatic heterocycles. The maximum absolute atomic E-state index is 3.84. The van der Waals surface area contributed by atoms with Gasteiger partial charge in [-0.3, -0.25) is 0 Å². The van der Waals surface area contributed by atoms with E-state index in [9.17, 15) is 0 Å². The Morgan fingerprint density at radius 2 is 1.65 bits per heavy atom. The van der Waals surface area contributed by atoms with Gasteiger partial charge in [-0.2, -0.15) is 0 Å². The Hall–Kier alpha value is -0.0400. The van der Waals surface area contributed by atoms with Crippen molar-refractivity contribution in [3.8, 4) is 0 Å². The van der Waals surface area contributed by atoms with Gasteiger partial charge >= 0.3 is 0 Å². The second-order valence-electron chi connectivity index (χ2n) is 6.33. The second-order valence-corrected chi connectivity index (χ2v) is 6.33. The molecule has 1 N–H and O–H groups in total. The van der Waals surface area contributed by atoms with Crippen LogP contribution >= 0.6 is 0 Å². The first-order valence-corrected chi connectivity index (χ1v) is 8.08. The molecule has 0 heterocycles. The van der Waals surface area contributed by atoms with Gasteiger partial charge in [-0.05, 0) is 50.0 Å². The monoisotopic (exact) mass is 237 g/mol. The van der Waals surface area contributed by atoms with Gasteiger partial charge in [0.1, 0.15) is 0 Å². The summed E-state index contributed by atoms with van der Waals surface area (Å²) in [6.07, 6.45) is 13.3. The van der Waals surface area contributed by atoms with Gasteiger partial charge in [0, 0.05) is 6.04 Å². The average Bonchev–Trinajstić information content (AvgIpc) is 2.89. The zero-order valence-electron chi connectivity index (χ0n) is 11.9. The molecule has 0 aromatic rings. The van der Waals surface area contributed by atoms with Crippen LogP contribution in [0.15, 0.2) is 0 Å². The first kappa shape index (κ1) is 13.4. The van der Waals surface area contributed by atoms with E-state index in [1.807, 2.05) is 0 Å². The summed E-state index contributed by atoms with van der Waals surface area (Å²) >= 11 is 0. The molecule has 0 radical (unpaired) electrons. The van der Waals surface area contributed by atoms with E-state index in [-0.39, 0.29) is 0 Å². The first-order valence-electron chi connectivity index (χ1n) is 8.08. The lowest BCUT2D eigenvalue weighted by Crippen LogP contribution is -2.43. The van der Waals surface area contributed by atoms with Crippen LogP contribution in [0.2, 0.25) is 0 Å². The molecule has 2 saturated carbocycles. The Morgan fingerprint density at radius 1 is 0.941 bits per heavy atom. The minimum atomic E-state index is 0.844. The molecule has 0 spiro atoms. The second kappa shape index (κ2) is 6.78. The van der Waals surface area contributed by atoms with Gasteiger partial charge in [0.25, 0.3) is 0 Å². The van der Waals surface area contributed by atoms with E-state index < -0.39 is 0 Å². The maximum atomic E-state index is 3.84. The number of rotatable bonds is 5. The fraction of sp³-hybridized carbons (Fsp3) is 1.00. The van der Waals surface area contributed by atoms with E-state index in [0.29, 0.717) is 0 Å². The Bertz CT molecular complexity index is 208. The highest BCUT2D eigenvalue weighted by atomic mass is 14.9. The van der Waals surface area contributed by atoms with Crippen molar-refractivity contribution in [2.45, 2.75) is 77.7 Å². The van der Waals surface area contributed by atoms with Gasteiger partial charge in [-0.1, -0.05) is 46.0 Å². The van der Waals surface area contributed by atoms with Gasteiger partial charge in [-0.25, -0.2) is 0 Å². The highest BCUT2D eigenvalue weighted by Crippen LogP contribution is 2.39. The van der Waals surface area contributed by atoms with E-state index in [0.717, 1.165) is 30.3 Å². The van der Waals surface area contributed by atoms with Crippen molar-refractivity contribution >= 4 is 0 Å². The molecule has 1 heteroatoms. The smallest absolute Gasteiger partial charge is 0.0124 e. The van der Waals surface area contributed by atoms with E-state index in [4.69, 9.17) is 0 Å². The van der Waals surface area contributed by atoms with Crippen molar-refractivity contribution in [1.29, 1.82) is 0 Å². The van der Waals surface area contributed by atoms with Gasteiger partial charge < -0.3 is 5.32 Å². The molecule has 2 aliphatic rings. The molecule has 0 bridgehead atoms. The topological polar surface area (TPSA) is 12.0 Å². The summed E-state index contributed by atoms with van der Waals surface area (Å²) in [6.45, 7) is 5.82. The molecule has 3 unspecified atom stereocenters. The molecule has 0 aromatic carbocycles. The van der Waals surface area contributed by atoms with Gasteiger partial charge in [0.05, 0.1) is 0 Å².